The van der Waals surface area contributed by atoms with E-state index in [1.54, 1.807) is 0 Å². The number of hydrogen-bond donors (Lipinski definition) is 1. The largest absolute Gasteiger partial charge is 0.455 e. The minimum atomic E-state index is -0.112. The van der Waals surface area contributed by atoms with Gasteiger partial charge in [-0.15, -0.1) is 0 Å². The first-order valence-electron chi connectivity index (χ1n) is 5.76. The Hall–Kier alpha value is -2.29. The number of para-hydroxylation sites is 1. The van der Waals surface area contributed by atoms with Gasteiger partial charge >= 0.3 is 0 Å². The topological polar surface area (TPSA) is 38.3 Å². The summed E-state index contributed by atoms with van der Waals surface area (Å²) in [5.74, 6) is 1.27. The van der Waals surface area contributed by atoms with Crippen molar-refractivity contribution in [3.8, 4) is 11.5 Å². The molecular formula is C15H15NO2. The molecule has 3 heteroatoms. The van der Waals surface area contributed by atoms with Crippen molar-refractivity contribution in [2.45, 2.75) is 13.8 Å². The average Bonchev–Trinajstić information content (AvgIpc) is 2.33. The molecule has 0 unspecified atom stereocenters. The number of carbonyl (C=O) groups excluding carboxylic acids is 1. The molecule has 0 fully saturated rings. The van der Waals surface area contributed by atoms with Crippen molar-refractivity contribution in [3.05, 3.63) is 54.1 Å². The summed E-state index contributed by atoms with van der Waals surface area (Å²) in [6.45, 7) is 3.45. The summed E-state index contributed by atoms with van der Waals surface area (Å²) < 4.78 is 5.75. The predicted molar refractivity (Wildman–Crippen MR) is 72.0 cm³/mol. The second kappa shape index (κ2) is 5.36. The molecule has 0 aliphatic heterocycles. The molecule has 0 atom stereocenters. The van der Waals surface area contributed by atoms with E-state index in [4.69, 9.17) is 4.74 Å². The summed E-state index contributed by atoms with van der Waals surface area (Å²) in [5, 5.41) is 2.77. The van der Waals surface area contributed by atoms with E-state index in [0.717, 1.165) is 11.3 Å². The molecular weight excluding hydrogens is 226 g/mol. The maximum atomic E-state index is 11.2. The first kappa shape index (κ1) is 12.2. The molecule has 18 heavy (non-hydrogen) atoms. The molecule has 0 saturated carbocycles. The number of rotatable bonds is 3. The van der Waals surface area contributed by atoms with Gasteiger partial charge in [-0.25, -0.2) is 0 Å². The lowest BCUT2D eigenvalue weighted by molar-refractivity contribution is -0.114. The zero-order valence-electron chi connectivity index (χ0n) is 10.4. The van der Waals surface area contributed by atoms with Gasteiger partial charge in [0.1, 0.15) is 5.75 Å². The Balaban J connectivity index is 2.29. The number of hydrogen-bond acceptors (Lipinski definition) is 2. The predicted octanol–water partition coefficient (Wildman–Crippen LogP) is 3.75. The van der Waals surface area contributed by atoms with Gasteiger partial charge in [-0.05, 0) is 36.8 Å². The van der Waals surface area contributed by atoms with E-state index < -0.39 is 0 Å². The molecule has 0 saturated heterocycles. The fourth-order valence-corrected chi connectivity index (χ4v) is 1.64. The van der Waals surface area contributed by atoms with Crippen molar-refractivity contribution in [1.29, 1.82) is 0 Å². The number of nitrogens with one attached hydrogen (secondary N) is 1. The van der Waals surface area contributed by atoms with Crippen LogP contribution >= 0.6 is 0 Å². The normalized spacial score (nSPS) is 9.89. The van der Waals surface area contributed by atoms with Crippen LogP contribution in [0.4, 0.5) is 5.69 Å². The first-order chi connectivity index (χ1) is 8.65. The third kappa shape index (κ3) is 3.10. The molecule has 0 aliphatic carbocycles. The smallest absolute Gasteiger partial charge is 0.221 e. The van der Waals surface area contributed by atoms with Gasteiger partial charge in [0, 0.05) is 6.92 Å². The van der Waals surface area contributed by atoms with Crippen LogP contribution in [0.3, 0.4) is 0 Å². The SMILES string of the molecule is CC(=O)Nc1cc(C)ccc1Oc1ccccc1. The molecule has 0 bridgehead atoms. The van der Waals surface area contributed by atoms with Gasteiger partial charge in [0.15, 0.2) is 5.75 Å². The average molecular weight is 241 g/mol. The van der Waals surface area contributed by atoms with Crippen molar-refractivity contribution in [1.82, 2.24) is 0 Å². The highest BCUT2D eigenvalue weighted by molar-refractivity contribution is 5.90. The Morgan fingerprint density at radius 3 is 2.50 bits per heavy atom. The molecule has 0 spiro atoms. The number of benzene rings is 2. The van der Waals surface area contributed by atoms with Gasteiger partial charge in [-0.2, -0.15) is 0 Å². The summed E-state index contributed by atoms with van der Waals surface area (Å²) in [5.41, 5.74) is 1.76. The molecule has 0 aliphatic rings. The lowest BCUT2D eigenvalue weighted by Crippen LogP contribution is -2.07. The molecule has 2 aromatic carbocycles. The van der Waals surface area contributed by atoms with Crippen LogP contribution in [0.1, 0.15) is 12.5 Å². The summed E-state index contributed by atoms with van der Waals surface area (Å²) in [7, 11) is 0. The van der Waals surface area contributed by atoms with Crippen LogP contribution in [0.25, 0.3) is 0 Å². The fraction of sp³-hybridized carbons (Fsp3) is 0.133. The van der Waals surface area contributed by atoms with Crippen LogP contribution in [0, 0.1) is 6.92 Å². The zero-order valence-corrected chi connectivity index (χ0v) is 10.4. The van der Waals surface area contributed by atoms with Gasteiger partial charge in [0.25, 0.3) is 0 Å². The van der Waals surface area contributed by atoms with E-state index >= 15 is 0 Å². The van der Waals surface area contributed by atoms with E-state index in [0.29, 0.717) is 11.4 Å². The van der Waals surface area contributed by atoms with Crippen LogP contribution in [-0.2, 0) is 4.79 Å². The molecule has 2 rings (SSSR count). The standard InChI is InChI=1S/C15H15NO2/c1-11-8-9-15(14(10-11)16-12(2)17)18-13-6-4-3-5-7-13/h3-10H,1-2H3,(H,16,17). The third-order valence-electron chi connectivity index (χ3n) is 2.42. The zero-order chi connectivity index (χ0) is 13.0. The van der Waals surface area contributed by atoms with E-state index in [2.05, 4.69) is 5.32 Å². The van der Waals surface area contributed by atoms with Crippen LogP contribution < -0.4 is 10.1 Å². The van der Waals surface area contributed by atoms with Crippen molar-refractivity contribution < 1.29 is 9.53 Å². The molecule has 1 N–H and O–H groups in total. The van der Waals surface area contributed by atoms with Crippen molar-refractivity contribution in [2.24, 2.45) is 0 Å². The van der Waals surface area contributed by atoms with Gasteiger partial charge < -0.3 is 10.1 Å². The minimum Gasteiger partial charge on any atom is -0.455 e. The number of anilines is 1. The Bertz CT molecular complexity index is 550. The van der Waals surface area contributed by atoms with Crippen molar-refractivity contribution in [2.75, 3.05) is 5.32 Å². The van der Waals surface area contributed by atoms with Crippen LogP contribution in [0.15, 0.2) is 48.5 Å². The molecule has 0 aromatic heterocycles. The first-order valence-corrected chi connectivity index (χ1v) is 5.76. The maximum absolute atomic E-state index is 11.2. The summed E-state index contributed by atoms with van der Waals surface area (Å²) in [6.07, 6.45) is 0. The number of ether oxygens (including phenoxy) is 1. The Labute approximate surface area is 106 Å². The van der Waals surface area contributed by atoms with Gasteiger partial charge in [-0.1, -0.05) is 24.3 Å². The highest BCUT2D eigenvalue weighted by Crippen LogP contribution is 2.30. The lowest BCUT2D eigenvalue weighted by Gasteiger charge is -2.12. The third-order valence-corrected chi connectivity index (χ3v) is 2.42. The molecule has 92 valence electrons. The van der Waals surface area contributed by atoms with Crippen LogP contribution in [0.2, 0.25) is 0 Å². The van der Waals surface area contributed by atoms with Crippen LogP contribution in [0.5, 0.6) is 11.5 Å². The summed E-state index contributed by atoms with van der Waals surface area (Å²) in [4.78, 5) is 11.2. The van der Waals surface area contributed by atoms with Crippen LogP contribution in [-0.4, -0.2) is 5.91 Å². The Morgan fingerprint density at radius 1 is 1.11 bits per heavy atom. The highest BCUT2D eigenvalue weighted by atomic mass is 16.5. The molecule has 1 amide bonds. The minimum absolute atomic E-state index is 0.112. The summed E-state index contributed by atoms with van der Waals surface area (Å²) >= 11 is 0. The molecule has 0 radical (unpaired) electrons. The van der Waals surface area contributed by atoms with E-state index in [1.165, 1.54) is 6.92 Å². The monoisotopic (exact) mass is 241 g/mol. The number of amides is 1. The van der Waals surface area contributed by atoms with Crippen molar-refractivity contribution in [3.63, 3.8) is 0 Å². The lowest BCUT2D eigenvalue weighted by atomic mass is 10.2. The number of carbonyl (C=O) groups is 1. The van der Waals surface area contributed by atoms with Crippen molar-refractivity contribution >= 4 is 11.6 Å². The molecule has 0 heterocycles. The van der Waals surface area contributed by atoms with Gasteiger partial charge in [-0.3, -0.25) is 4.79 Å². The van der Waals surface area contributed by atoms with E-state index in [1.807, 2.05) is 55.5 Å². The molecule has 2 aromatic rings. The Kier molecular flexibility index (Phi) is 3.63. The highest BCUT2D eigenvalue weighted by Gasteiger charge is 2.06. The quantitative estimate of drug-likeness (QED) is 0.888. The molecule has 3 nitrogen and oxygen atoms in total. The maximum Gasteiger partial charge on any atom is 0.221 e. The fourth-order valence-electron chi connectivity index (χ4n) is 1.64. The van der Waals surface area contributed by atoms with E-state index in [-0.39, 0.29) is 5.91 Å². The Morgan fingerprint density at radius 2 is 1.83 bits per heavy atom. The van der Waals surface area contributed by atoms with Gasteiger partial charge in [0.05, 0.1) is 5.69 Å². The second-order valence-electron chi connectivity index (χ2n) is 4.10. The van der Waals surface area contributed by atoms with Gasteiger partial charge in [0.2, 0.25) is 5.91 Å². The number of aryl methyl sites for hydroxylation is 1. The summed E-state index contributed by atoms with van der Waals surface area (Å²) in [6, 6.07) is 15.2. The second-order valence-corrected chi connectivity index (χ2v) is 4.10. The van der Waals surface area contributed by atoms with E-state index in [9.17, 15) is 4.79 Å².